The average Bonchev–Trinajstić information content (AvgIpc) is 3.68. The zero-order valence-electron chi connectivity index (χ0n) is 27.0. The van der Waals surface area contributed by atoms with Gasteiger partial charge in [-0.15, -0.1) is 13.2 Å². The lowest BCUT2D eigenvalue weighted by Gasteiger charge is -2.40. The quantitative estimate of drug-likeness (QED) is 0.213. The van der Waals surface area contributed by atoms with Gasteiger partial charge < -0.3 is 29.7 Å². The van der Waals surface area contributed by atoms with Gasteiger partial charge in [-0.05, 0) is 52.0 Å². The summed E-state index contributed by atoms with van der Waals surface area (Å²) in [4.78, 5) is 58.6. The van der Waals surface area contributed by atoms with Crippen molar-refractivity contribution in [3.05, 3.63) is 61.2 Å². The number of fused-ring (bicyclic) bond motifs is 1. The van der Waals surface area contributed by atoms with Gasteiger partial charge in [0.05, 0.1) is 36.6 Å². The lowest BCUT2D eigenvalue weighted by molar-refractivity contribution is -0.162. The Morgan fingerprint density at radius 1 is 1.20 bits per heavy atom. The second-order valence-electron chi connectivity index (χ2n) is 12.7. The molecule has 3 fully saturated rings. The Balaban J connectivity index is 1.67. The molecule has 0 aliphatic carbocycles. The van der Waals surface area contributed by atoms with E-state index in [4.69, 9.17) is 9.47 Å². The van der Waals surface area contributed by atoms with Crippen LogP contribution in [0.25, 0.3) is 0 Å². The molecule has 10 nitrogen and oxygen atoms in total. The fraction of sp³-hybridized carbons (Fsp3) is 0.600. The zero-order valence-corrected chi connectivity index (χ0v) is 27.0. The molecule has 10 heteroatoms. The van der Waals surface area contributed by atoms with Gasteiger partial charge >= 0.3 is 5.97 Å². The van der Waals surface area contributed by atoms with E-state index in [0.717, 1.165) is 12.8 Å². The third-order valence-electron chi connectivity index (χ3n) is 9.62. The number of hydrogen-bond donors (Lipinski definition) is 2. The largest absolute Gasteiger partial charge is 0.455 e. The minimum absolute atomic E-state index is 0.105. The van der Waals surface area contributed by atoms with E-state index < -0.39 is 53.7 Å². The number of rotatable bonds is 16. The summed E-state index contributed by atoms with van der Waals surface area (Å²) in [6.45, 7) is 15.0. The molecular formula is C35H49N3O7. The Kier molecular flexibility index (Phi) is 11.3. The summed E-state index contributed by atoms with van der Waals surface area (Å²) in [6.07, 6.45) is 5.28. The first-order valence-corrected chi connectivity index (χ1v) is 16.2. The van der Waals surface area contributed by atoms with E-state index in [0.29, 0.717) is 31.4 Å². The molecule has 3 amide bonds. The molecule has 3 heterocycles. The third-order valence-corrected chi connectivity index (χ3v) is 9.62. The van der Waals surface area contributed by atoms with Gasteiger partial charge in [0.15, 0.2) is 0 Å². The number of carbonyl (C=O) groups excluding carboxylic acids is 4. The minimum atomic E-state index is -1.22. The molecule has 1 spiro atoms. The molecule has 1 unspecified atom stereocenters. The van der Waals surface area contributed by atoms with Gasteiger partial charge in [-0.2, -0.15) is 0 Å². The standard InChI is InChI=1S/C35H49N3O7/c1-7-10-17-27(40)36-24(6)30(25-15-12-11-13-16-25)44-34(43)28-26-18-19-35(45-26)29(28)32(41)38(23(5)21-39)31(35)33(42)37(20-9-3)22(4)14-8-2/h7,9,11-13,15-16,22-24,26,28-31,39H,1,3,8,10,14,17-21H2,2,4-6H3,(H,36,40)/t22?,23-,24+,26-,28+,29+,30+,31-,35+/m1/s1. The van der Waals surface area contributed by atoms with Crippen molar-refractivity contribution in [2.24, 2.45) is 11.8 Å². The molecule has 45 heavy (non-hydrogen) atoms. The SMILES string of the molecule is C=CCCC(=O)N[C@@H](C)[C@H](OC(=O)[C@@H]1[C@H]2C(=O)N([C@H](C)CO)[C@H](C(=O)N(CC=C)C(C)CCC)[C@]23CC[C@H]1O3)c1ccccc1. The number of likely N-dealkylation sites (tertiary alicyclic amines) is 1. The van der Waals surface area contributed by atoms with Gasteiger partial charge in [-0.25, -0.2) is 0 Å². The van der Waals surface area contributed by atoms with Crippen LogP contribution in [0.4, 0.5) is 0 Å². The highest BCUT2D eigenvalue weighted by Gasteiger charge is 2.75. The van der Waals surface area contributed by atoms with Crippen molar-refractivity contribution in [1.82, 2.24) is 15.1 Å². The number of aliphatic hydroxyl groups excluding tert-OH is 1. The van der Waals surface area contributed by atoms with E-state index in [-0.39, 0.29) is 36.8 Å². The van der Waals surface area contributed by atoms with E-state index >= 15 is 0 Å². The summed E-state index contributed by atoms with van der Waals surface area (Å²) < 4.78 is 12.8. The number of carbonyl (C=O) groups is 4. The smallest absolute Gasteiger partial charge is 0.313 e. The van der Waals surface area contributed by atoms with Crippen LogP contribution in [0.5, 0.6) is 0 Å². The maximum absolute atomic E-state index is 14.4. The fourth-order valence-corrected chi connectivity index (χ4v) is 7.50. The molecule has 3 saturated heterocycles. The van der Waals surface area contributed by atoms with Gasteiger partial charge in [0.1, 0.15) is 17.7 Å². The van der Waals surface area contributed by atoms with Gasteiger partial charge in [0.25, 0.3) is 0 Å². The lowest BCUT2D eigenvalue weighted by Crippen LogP contribution is -2.59. The fourth-order valence-electron chi connectivity index (χ4n) is 7.50. The van der Waals surface area contributed by atoms with Crippen molar-refractivity contribution in [3.63, 3.8) is 0 Å². The second kappa shape index (κ2) is 14.7. The van der Waals surface area contributed by atoms with Gasteiger partial charge in [0, 0.05) is 19.0 Å². The molecule has 0 aromatic heterocycles. The predicted molar refractivity (Wildman–Crippen MR) is 170 cm³/mol. The zero-order chi connectivity index (χ0) is 32.9. The van der Waals surface area contributed by atoms with E-state index in [9.17, 15) is 24.3 Å². The maximum atomic E-state index is 14.4. The van der Waals surface area contributed by atoms with Crippen LogP contribution < -0.4 is 5.32 Å². The number of amides is 3. The Morgan fingerprint density at radius 2 is 1.91 bits per heavy atom. The molecule has 2 N–H and O–H groups in total. The van der Waals surface area contributed by atoms with Crippen LogP contribution in [0.15, 0.2) is 55.6 Å². The number of benzene rings is 1. The Bertz CT molecular complexity index is 1250. The first-order valence-electron chi connectivity index (χ1n) is 16.2. The Labute approximate surface area is 266 Å². The molecule has 4 rings (SSSR count). The lowest BCUT2D eigenvalue weighted by atomic mass is 9.70. The summed E-state index contributed by atoms with van der Waals surface area (Å²) in [5, 5.41) is 13.1. The van der Waals surface area contributed by atoms with Crippen LogP contribution in [0.1, 0.15) is 77.9 Å². The molecule has 0 radical (unpaired) electrons. The topological polar surface area (TPSA) is 125 Å². The van der Waals surface area contributed by atoms with Crippen molar-refractivity contribution < 1.29 is 33.8 Å². The van der Waals surface area contributed by atoms with Crippen LogP contribution in [0.3, 0.4) is 0 Å². The number of nitrogens with one attached hydrogen (secondary N) is 1. The third kappa shape index (κ3) is 6.58. The summed E-state index contributed by atoms with van der Waals surface area (Å²) >= 11 is 0. The first kappa shape index (κ1) is 34.4. The van der Waals surface area contributed by atoms with Gasteiger partial charge in [-0.1, -0.05) is 55.8 Å². The van der Waals surface area contributed by atoms with Crippen LogP contribution in [-0.2, 0) is 28.7 Å². The molecule has 9 atom stereocenters. The predicted octanol–water partition coefficient (Wildman–Crippen LogP) is 3.70. The molecule has 3 aliphatic heterocycles. The maximum Gasteiger partial charge on any atom is 0.313 e. The van der Waals surface area contributed by atoms with Crippen molar-refractivity contribution in [1.29, 1.82) is 0 Å². The van der Waals surface area contributed by atoms with Crippen molar-refractivity contribution >= 4 is 23.7 Å². The van der Waals surface area contributed by atoms with E-state index in [1.54, 1.807) is 30.9 Å². The molecule has 1 aromatic rings. The normalized spacial score (nSPS) is 27.7. The molecule has 0 saturated carbocycles. The minimum Gasteiger partial charge on any atom is -0.455 e. The summed E-state index contributed by atoms with van der Waals surface area (Å²) in [5.74, 6) is -3.32. The highest BCUT2D eigenvalue weighted by atomic mass is 16.6. The van der Waals surface area contributed by atoms with Crippen molar-refractivity contribution in [2.45, 2.75) is 108 Å². The molecule has 1 aromatic carbocycles. The number of esters is 1. The summed E-state index contributed by atoms with van der Waals surface area (Å²) in [7, 11) is 0. The number of aliphatic hydroxyl groups is 1. The van der Waals surface area contributed by atoms with E-state index in [1.807, 2.05) is 37.3 Å². The first-order chi connectivity index (χ1) is 21.6. The number of nitrogens with zero attached hydrogens (tertiary/aromatic N) is 2. The number of hydrogen-bond acceptors (Lipinski definition) is 7. The highest BCUT2D eigenvalue weighted by Crippen LogP contribution is 2.59. The molecule has 246 valence electrons. The van der Waals surface area contributed by atoms with E-state index in [1.165, 1.54) is 4.90 Å². The van der Waals surface area contributed by atoms with Crippen LogP contribution in [0.2, 0.25) is 0 Å². The average molecular weight is 624 g/mol. The van der Waals surface area contributed by atoms with Gasteiger partial charge in [-0.3, -0.25) is 19.2 Å². The Hall–Kier alpha value is -3.50. The second-order valence-corrected chi connectivity index (χ2v) is 12.7. The molecular weight excluding hydrogens is 574 g/mol. The summed E-state index contributed by atoms with van der Waals surface area (Å²) in [6, 6.07) is 6.85. The van der Waals surface area contributed by atoms with Gasteiger partial charge in [0.2, 0.25) is 17.7 Å². The Morgan fingerprint density at radius 3 is 2.53 bits per heavy atom. The monoisotopic (exact) mass is 623 g/mol. The van der Waals surface area contributed by atoms with Crippen LogP contribution in [-0.4, -0.2) is 87.6 Å². The highest BCUT2D eigenvalue weighted by molar-refractivity contribution is 5.98. The van der Waals surface area contributed by atoms with Crippen molar-refractivity contribution in [2.75, 3.05) is 13.2 Å². The number of allylic oxidation sites excluding steroid dienone is 1. The van der Waals surface area contributed by atoms with Crippen LogP contribution in [0, 0.1) is 11.8 Å². The van der Waals surface area contributed by atoms with Crippen molar-refractivity contribution in [3.8, 4) is 0 Å². The molecule has 2 bridgehead atoms. The van der Waals surface area contributed by atoms with Crippen LogP contribution >= 0.6 is 0 Å². The summed E-state index contributed by atoms with van der Waals surface area (Å²) in [5.41, 5.74) is -0.517. The van der Waals surface area contributed by atoms with E-state index in [2.05, 4.69) is 25.4 Å². The molecule has 3 aliphatic rings. The number of ether oxygens (including phenoxy) is 2.